The van der Waals surface area contributed by atoms with Gasteiger partial charge in [-0.1, -0.05) is 60.1 Å². The smallest absolute Gasteiger partial charge is 0.251 e. The molecule has 0 aliphatic heterocycles. The van der Waals surface area contributed by atoms with Crippen molar-refractivity contribution in [2.24, 2.45) is 7.05 Å². The number of amides is 1. The van der Waals surface area contributed by atoms with Crippen LogP contribution in [0.5, 0.6) is 0 Å². The highest BCUT2D eigenvalue weighted by Crippen LogP contribution is 2.26. The quantitative estimate of drug-likeness (QED) is 0.453. The van der Waals surface area contributed by atoms with E-state index in [1.165, 1.54) is 0 Å². The van der Waals surface area contributed by atoms with Crippen LogP contribution in [0.1, 0.15) is 27.0 Å². The number of hydrogen-bond acceptors (Lipinski definition) is 5. The topological polar surface area (TPSA) is 98.7 Å². The molecule has 4 rings (SSSR count). The number of halogens is 1. The fourth-order valence-corrected chi connectivity index (χ4v) is 3.60. The first-order chi connectivity index (χ1) is 15.0. The minimum absolute atomic E-state index is 0.0831. The number of nitrogens with two attached hydrogens (primary N) is 1. The van der Waals surface area contributed by atoms with E-state index in [1.54, 1.807) is 10.7 Å². The lowest BCUT2D eigenvalue weighted by molar-refractivity contribution is 0.0950. The number of carbonyl (C=O) groups is 1. The molecule has 0 bridgehead atoms. The van der Waals surface area contributed by atoms with E-state index in [-0.39, 0.29) is 17.0 Å². The molecule has 0 aliphatic carbocycles. The summed E-state index contributed by atoms with van der Waals surface area (Å²) in [4.78, 5) is 21.1. The standard InChI is InChI=1S/C23H21ClN6O/c1-30-14-17(21(29-30)19-12-20(24)28-23(25)27-19)11-16-9-5-6-10-18(16)22(31)26-13-15-7-3-2-4-8-15/h2-10,12,14H,11,13H2,1H3,(H,26,31)(H2,25,27,28). The van der Waals surface area contributed by atoms with Crippen LogP contribution in [-0.2, 0) is 20.0 Å². The Hall–Kier alpha value is -3.71. The van der Waals surface area contributed by atoms with E-state index < -0.39 is 0 Å². The minimum atomic E-state index is -0.126. The Bertz CT molecular complexity index is 1200. The molecule has 156 valence electrons. The van der Waals surface area contributed by atoms with Crippen molar-refractivity contribution in [1.29, 1.82) is 0 Å². The molecule has 7 nitrogen and oxygen atoms in total. The van der Waals surface area contributed by atoms with Crippen molar-refractivity contribution < 1.29 is 4.79 Å². The Labute approximate surface area is 184 Å². The summed E-state index contributed by atoms with van der Waals surface area (Å²) in [6.07, 6.45) is 2.40. The van der Waals surface area contributed by atoms with E-state index in [0.717, 1.165) is 16.7 Å². The predicted molar refractivity (Wildman–Crippen MR) is 121 cm³/mol. The zero-order chi connectivity index (χ0) is 21.8. The lowest BCUT2D eigenvalue weighted by Gasteiger charge is -2.11. The van der Waals surface area contributed by atoms with Gasteiger partial charge in [0.1, 0.15) is 10.8 Å². The van der Waals surface area contributed by atoms with Gasteiger partial charge in [0, 0.05) is 43.4 Å². The van der Waals surface area contributed by atoms with Crippen molar-refractivity contribution in [2.75, 3.05) is 5.73 Å². The van der Waals surface area contributed by atoms with Gasteiger partial charge in [-0.15, -0.1) is 0 Å². The van der Waals surface area contributed by atoms with Crippen LogP contribution in [0.3, 0.4) is 0 Å². The third kappa shape index (κ3) is 4.90. The van der Waals surface area contributed by atoms with Gasteiger partial charge < -0.3 is 11.1 Å². The number of benzene rings is 2. The zero-order valence-corrected chi connectivity index (χ0v) is 17.7. The van der Waals surface area contributed by atoms with Gasteiger partial charge in [-0.25, -0.2) is 9.97 Å². The van der Waals surface area contributed by atoms with Gasteiger partial charge in [0.25, 0.3) is 5.91 Å². The van der Waals surface area contributed by atoms with E-state index in [1.807, 2.05) is 67.8 Å². The Morgan fingerprint density at radius 1 is 1.06 bits per heavy atom. The van der Waals surface area contributed by atoms with Gasteiger partial charge in [-0.05, 0) is 17.2 Å². The third-order valence-electron chi connectivity index (χ3n) is 4.80. The van der Waals surface area contributed by atoms with Crippen molar-refractivity contribution in [3.8, 4) is 11.4 Å². The molecule has 4 aromatic rings. The number of anilines is 1. The molecule has 2 aromatic heterocycles. The van der Waals surface area contributed by atoms with Gasteiger partial charge in [-0.3, -0.25) is 9.48 Å². The maximum Gasteiger partial charge on any atom is 0.251 e. The SMILES string of the molecule is Cn1cc(Cc2ccccc2C(=O)NCc2ccccc2)c(-c2cc(Cl)nc(N)n2)n1. The van der Waals surface area contributed by atoms with Gasteiger partial charge >= 0.3 is 0 Å². The van der Waals surface area contributed by atoms with Crippen LogP contribution >= 0.6 is 11.6 Å². The Balaban J connectivity index is 1.60. The molecule has 0 aliphatic rings. The van der Waals surface area contributed by atoms with Crippen LogP contribution in [0, 0.1) is 0 Å². The number of carbonyl (C=O) groups excluding carboxylic acids is 1. The molecule has 0 saturated heterocycles. The molecule has 0 atom stereocenters. The molecule has 0 unspecified atom stereocenters. The van der Waals surface area contributed by atoms with Crippen molar-refractivity contribution in [2.45, 2.75) is 13.0 Å². The van der Waals surface area contributed by atoms with Crippen molar-refractivity contribution in [3.05, 3.63) is 94.3 Å². The maximum absolute atomic E-state index is 12.9. The second-order valence-electron chi connectivity index (χ2n) is 7.11. The highest BCUT2D eigenvalue weighted by atomic mass is 35.5. The molecule has 0 fully saturated rings. The second-order valence-corrected chi connectivity index (χ2v) is 7.50. The summed E-state index contributed by atoms with van der Waals surface area (Å²) in [7, 11) is 1.83. The minimum Gasteiger partial charge on any atom is -0.368 e. The largest absolute Gasteiger partial charge is 0.368 e. The summed E-state index contributed by atoms with van der Waals surface area (Å²) in [5.41, 5.74) is 10.4. The summed E-state index contributed by atoms with van der Waals surface area (Å²) in [6.45, 7) is 0.463. The van der Waals surface area contributed by atoms with E-state index in [9.17, 15) is 4.79 Å². The van der Waals surface area contributed by atoms with E-state index in [0.29, 0.717) is 29.9 Å². The van der Waals surface area contributed by atoms with Crippen LogP contribution in [0.25, 0.3) is 11.4 Å². The first-order valence-corrected chi connectivity index (χ1v) is 10.1. The molecule has 0 spiro atoms. The highest BCUT2D eigenvalue weighted by Gasteiger charge is 2.17. The van der Waals surface area contributed by atoms with E-state index in [2.05, 4.69) is 20.4 Å². The van der Waals surface area contributed by atoms with E-state index in [4.69, 9.17) is 17.3 Å². The number of aromatic nitrogens is 4. The first-order valence-electron chi connectivity index (χ1n) is 9.72. The maximum atomic E-state index is 12.9. The lowest BCUT2D eigenvalue weighted by Crippen LogP contribution is -2.24. The summed E-state index contributed by atoms with van der Waals surface area (Å²) >= 11 is 6.05. The van der Waals surface area contributed by atoms with Crippen molar-refractivity contribution >= 4 is 23.5 Å². The Morgan fingerprint density at radius 3 is 2.58 bits per heavy atom. The number of nitrogens with one attached hydrogen (secondary N) is 1. The molecule has 31 heavy (non-hydrogen) atoms. The van der Waals surface area contributed by atoms with Crippen LogP contribution in [-0.4, -0.2) is 25.7 Å². The molecule has 1 amide bonds. The number of nitrogens with zero attached hydrogens (tertiary/aromatic N) is 4. The van der Waals surface area contributed by atoms with Gasteiger partial charge in [-0.2, -0.15) is 5.10 Å². The van der Waals surface area contributed by atoms with Crippen LogP contribution in [0.4, 0.5) is 5.95 Å². The Kier molecular flexibility index (Phi) is 5.95. The molecule has 0 saturated carbocycles. The number of aryl methyl sites for hydroxylation is 1. The van der Waals surface area contributed by atoms with Crippen molar-refractivity contribution in [3.63, 3.8) is 0 Å². The van der Waals surface area contributed by atoms with Gasteiger partial charge in [0.2, 0.25) is 5.95 Å². The third-order valence-corrected chi connectivity index (χ3v) is 4.99. The fraction of sp³-hybridized carbons (Fsp3) is 0.130. The number of nitrogen functional groups attached to an aromatic ring is 1. The number of hydrogen-bond donors (Lipinski definition) is 2. The predicted octanol–water partition coefficient (Wildman–Crippen LogP) is 3.63. The van der Waals surface area contributed by atoms with Crippen LogP contribution < -0.4 is 11.1 Å². The summed E-state index contributed by atoms with van der Waals surface area (Å²) < 4.78 is 1.70. The lowest BCUT2D eigenvalue weighted by atomic mass is 9.98. The normalized spacial score (nSPS) is 10.8. The average Bonchev–Trinajstić information content (AvgIpc) is 3.12. The average molecular weight is 433 g/mol. The van der Waals surface area contributed by atoms with Gasteiger partial charge in [0.15, 0.2) is 0 Å². The van der Waals surface area contributed by atoms with Crippen LogP contribution in [0.2, 0.25) is 5.15 Å². The first kappa shape index (κ1) is 20.6. The molecule has 2 heterocycles. The van der Waals surface area contributed by atoms with Gasteiger partial charge in [0.05, 0.1) is 5.69 Å². The molecular formula is C23H21ClN6O. The highest BCUT2D eigenvalue weighted by molar-refractivity contribution is 6.29. The molecular weight excluding hydrogens is 412 g/mol. The molecule has 2 aromatic carbocycles. The second kappa shape index (κ2) is 8.97. The van der Waals surface area contributed by atoms with E-state index >= 15 is 0 Å². The van der Waals surface area contributed by atoms with Crippen LogP contribution in [0.15, 0.2) is 66.9 Å². The summed E-state index contributed by atoms with van der Waals surface area (Å²) in [5.74, 6) is -0.0426. The molecule has 3 N–H and O–H groups in total. The summed E-state index contributed by atoms with van der Waals surface area (Å²) in [6, 6.07) is 19.0. The monoisotopic (exact) mass is 432 g/mol. The summed E-state index contributed by atoms with van der Waals surface area (Å²) in [5, 5.41) is 7.76. The Morgan fingerprint density at radius 2 is 1.81 bits per heavy atom. The molecule has 8 heteroatoms. The fourth-order valence-electron chi connectivity index (χ4n) is 3.41. The van der Waals surface area contributed by atoms with Crippen molar-refractivity contribution in [1.82, 2.24) is 25.1 Å². The zero-order valence-electron chi connectivity index (χ0n) is 16.9. The molecule has 0 radical (unpaired) electrons. The number of rotatable bonds is 6.